The second kappa shape index (κ2) is 7.66. The standard InChI is InChI=1S/C23H23N3O3S/c1-29-17-9-5-8-16(20(17)27)21-24-22(28)19-15-10-11-26(12-14-6-3-2-4-7-14)13-18(15)30-23(19)25-21/h2-9,21,25,27H,10-13H2,1H3,(H,24,28)/t21-/m0/s1. The summed E-state index contributed by atoms with van der Waals surface area (Å²) in [6.07, 6.45) is 0.360. The number of hydrogen-bond acceptors (Lipinski definition) is 6. The number of amides is 1. The molecule has 0 fully saturated rings. The van der Waals surface area contributed by atoms with Crippen LogP contribution in [0.25, 0.3) is 0 Å². The number of rotatable bonds is 4. The summed E-state index contributed by atoms with van der Waals surface area (Å²) >= 11 is 1.64. The van der Waals surface area contributed by atoms with Gasteiger partial charge in [-0.25, -0.2) is 0 Å². The molecule has 0 saturated heterocycles. The fourth-order valence-corrected chi connectivity index (χ4v) is 5.55. The van der Waals surface area contributed by atoms with Crippen LogP contribution in [-0.4, -0.2) is 29.6 Å². The third kappa shape index (κ3) is 3.30. The van der Waals surface area contributed by atoms with Crippen LogP contribution in [0.5, 0.6) is 11.5 Å². The predicted molar refractivity (Wildman–Crippen MR) is 117 cm³/mol. The van der Waals surface area contributed by atoms with Gasteiger partial charge in [-0.2, -0.15) is 0 Å². The molecule has 3 heterocycles. The van der Waals surface area contributed by atoms with E-state index in [9.17, 15) is 9.90 Å². The van der Waals surface area contributed by atoms with Crippen molar-refractivity contribution in [1.29, 1.82) is 0 Å². The topological polar surface area (TPSA) is 73.8 Å². The van der Waals surface area contributed by atoms with Crippen molar-refractivity contribution in [3.05, 3.63) is 75.7 Å². The van der Waals surface area contributed by atoms with Crippen LogP contribution < -0.4 is 15.4 Å². The Bertz CT molecular complexity index is 1100. The van der Waals surface area contributed by atoms with Crippen molar-refractivity contribution >= 4 is 22.2 Å². The summed E-state index contributed by atoms with van der Waals surface area (Å²) in [4.78, 5) is 16.6. The zero-order valence-corrected chi connectivity index (χ0v) is 17.5. The zero-order valence-electron chi connectivity index (χ0n) is 16.6. The maximum Gasteiger partial charge on any atom is 0.256 e. The Kier molecular flexibility index (Phi) is 4.84. The Balaban J connectivity index is 1.40. The Hall–Kier alpha value is -3.03. The molecule has 0 spiro atoms. The number of methoxy groups -OCH3 is 1. The number of hydrogen-bond donors (Lipinski definition) is 3. The Labute approximate surface area is 179 Å². The van der Waals surface area contributed by atoms with Gasteiger partial charge < -0.3 is 20.5 Å². The number of thiophene rings is 1. The van der Waals surface area contributed by atoms with E-state index in [1.54, 1.807) is 29.5 Å². The van der Waals surface area contributed by atoms with Gasteiger partial charge in [0.25, 0.3) is 5.91 Å². The van der Waals surface area contributed by atoms with Gasteiger partial charge in [0.15, 0.2) is 11.5 Å². The molecular weight excluding hydrogens is 398 g/mol. The van der Waals surface area contributed by atoms with Gasteiger partial charge in [0.2, 0.25) is 0 Å². The van der Waals surface area contributed by atoms with E-state index in [1.165, 1.54) is 17.6 Å². The van der Waals surface area contributed by atoms with E-state index in [0.29, 0.717) is 11.3 Å². The molecule has 154 valence electrons. The third-order valence-corrected chi connectivity index (χ3v) is 6.87. The van der Waals surface area contributed by atoms with Gasteiger partial charge in [0.05, 0.1) is 12.7 Å². The molecule has 6 nitrogen and oxygen atoms in total. The highest BCUT2D eigenvalue weighted by molar-refractivity contribution is 7.16. The maximum atomic E-state index is 13.0. The number of nitrogens with one attached hydrogen (secondary N) is 2. The summed E-state index contributed by atoms with van der Waals surface area (Å²) in [5.41, 5.74) is 3.79. The number of fused-ring (bicyclic) bond motifs is 3. The average Bonchev–Trinajstić information content (AvgIpc) is 3.12. The number of nitrogens with zero attached hydrogens (tertiary/aromatic N) is 1. The van der Waals surface area contributed by atoms with Gasteiger partial charge >= 0.3 is 0 Å². The van der Waals surface area contributed by atoms with Crippen LogP contribution in [0.1, 0.15) is 38.1 Å². The monoisotopic (exact) mass is 421 g/mol. The lowest BCUT2D eigenvalue weighted by Gasteiger charge is -2.29. The maximum absolute atomic E-state index is 13.0. The molecule has 5 rings (SSSR count). The van der Waals surface area contributed by atoms with Crippen molar-refractivity contribution in [2.24, 2.45) is 0 Å². The summed E-state index contributed by atoms with van der Waals surface area (Å²) in [7, 11) is 1.51. The first-order chi connectivity index (χ1) is 14.6. The first-order valence-corrected chi connectivity index (χ1v) is 10.8. The summed E-state index contributed by atoms with van der Waals surface area (Å²) in [6, 6.07) is 15.7. The minimum Gasteiger partial charge on any atom is -0.504 e. The van der Waals surface area contributed by atoms with E-state index in [4.69, 9.17) is 4.74 Å². The second-order valence-corrected chi connectivity index (χ2v) is 8.71. The molecule has 30 heavy (non-hydrogen) atoms. The third-order valence-electron chi connectivity index (χ3n) is 5.72. The highest BCUT2D eigenvalue weighted by Crippen LogP contribution is 2.43. The van der Waals surface area contributed by atoms with Crippen LogP contribution in [0.15, 0.2) is 48.5 Å². The highest BCUT2D eigenvalue weighted by Gasteiger charge is 2.34. The van der Waals surface area contributed by atoms with Crippen molar-refractivity contribution in [1.82, 2.24) is 10.2 Å². The van der Waals surface area contributed by atoms with E-state index in [0.717, 1.165) is 42.2 Å². The van der Waals surface area contributed by atoms with Crippen molar-refractivity contribution in [2.75, 3.05) is 19.0 Å². The summed E-state index contributed by atoms with van der Waals surface area (Å²) in [5, 5.41) is 17.8. The molecule has 3 N–H and O–H groups in total. The Morgan fingerprint density at radius 2 is 2.00 bits per heavy atom. The quantitative estimate of drug-likeness (QED) is 0.596. The molecule has 0 radical (unpaired) electrons. The molecule has 1 atom stereocenters. The second-order valence-electron chi connectivity index (χ2n) is 7.60. The SMILES string of the molecule is COc1cccc([C@H]2NC(=O)c3c(sc4c3CCN(Cc3ccccc3)C4)N2)c1O. The number of phenolic OH excluding ortho intramolecular Hbond substituents is 1. The van der Waals surface area contributed by atoms with E-state index in [-0.39, 0.29) is 11.7 Å². The first-order valence-electron chi connectivity index (χ1n) is 9.98. The number of phenols is 1. The molecule has 3 aromatic rings. The van der Waals surface area contributed by atoms with Gasteiger partial charge in [0, 0.05) is 30.1 Å². The number of benzene rings is 2. The fourth-order valence-electron chi connectivity index (χ4n) is 4.24. The lowest BCUT2D eigenvalue weighted by atomic mass is 9.99. The van der Waals surface area contributed by atoms with Gasteiger partial charge in [-0.1, -0.05) is 42.5 Å². The van der Waals surface area contributed by atoms with Crippen LogP contribution in [0, 0.1) is 0 Å². The van der Waals surface area contributed by atoms with Gasteiger partial charge in [-0.05, 0) is 23.6 Å². The van der Waals surface area contributed by atoms with E-state index in [1.807, 2.05) is 6.07 Å². The number of para-hydroxylation sites is 1. The fraction of sp³-hybridized carbons (Fsp3) is 0.261. The minimum atomic E-state index is -0.499. The van der Waals surface area contributed by atoms with E-state index >= 15 is 0 Å². The minimum absolute atomic E-state index is 0.0385. The predicted octanol–water partition coefficient (Wildman–Crippen LogP) is 3.87. The summed E-state index contributed by atoms with van der Waals surface area (Å²) < 4.78 is 5.21. The molecule has 0 aliphatic carbocycles. The van der Waals surface area contributed by atoms with Crippen molar-refractivity contribution in [3.63, 3.8) is 0 Å². The molecule has 2 aromatic carbocycles. The largest absolute Gasteiger partial charge is 0.504 e. The van der Waals surface area contributed by atoms with Gasteiger partial charge in [-0.3, -0.25) is 9.69 Å². The van der Waals surface area contributed by atoms with Crippen LogP contribution in [-0.2, 0) is 19.5 Å². The summed E-state index contributed by atoms with van der Waals surface area (Å²) in [6.45, 7) is 2.67. The van der Waals surface area contributed by atoms with Gasteiger partial charge in [-0.15, -0.1) is 11.3 Å². The molecular formula is C23H23N3O3S. The number of ether oxygens (including phenoxy) is 1. The van der Waals surface area contributed by atoms with E-state index in [2.05, 4.69) is 39.8 Å². The normalized spacial score (nSPS) is 18.2. The smallest absolute Gasteiger partial charge is 0.256 e. The van der Waals surface area contributed by atoms with Gasteiger partial charge in [0.1, 0.15) is 11.2 Å². The molecule has 2 aliphatic rings. The molecule has 0 saturated carbocycles. The molecule has 7 heteroatoms. The molecule has 1 amide bonds. The van der Waals surface area contributed by atoms with Crippen LogP contribution in [0.2, 0.25) is 0 Å². The average molecular weight is 422 g/mol. The lowest BCUT2D eigenvalue weighted by Crippen LogP contribution is -2.38. The van der Waals surface area contributed by atoms with Crippen LogP contribution in [0.3, 0.4) is 0 Å². The summed E-state index contributed by atoms with van der Waals surface area (Å²) in [5.74, 6) is 0.331. The zero-order chi connectivity index (χ0) is 20.7. The van der Waals surface area contributed by atoms with Crippen LogP contribution in [0.4, 0.5) is 5.00 Å². The van der Waals surface area contributed by atoms with Crippen molar-refractivity contribution < 1.29 is 14.6 Å². The van der Waals surface area contributed by atoms with E-state index < -0.39 is 6.17 Å². The Morgan fingerprint density at radius 3 is 2.80 bits per heavy atom. The molecule has 0 bridgehead atoms. The Morgan fingerprint density at radius 1 is 1.17 bits per heavy atom. The van der Waals surface area contributed by atoms with Crippen molar-refractivity contribution in [2.45, 2.75) is 25.7 Å². The first kappa shape index (κ1) is 19.0. The van der Waals surface area contributed by atoms with Crippen molar-refractivity contribution in [3.8, 4) is 11.5 Å². The number of carbonyl (C=O) groups excluding carboxylic acids is 1. The molecule has 0 unspecified atom stereocenters. The number of carbonyl (C=O) groups is 1. The molecule has 1 aromatic heterocycles. The lowest BCUT2D eigenvalue weighted by molar-refractivity contribution is 0.0934. The van der Waals surface area contributed by atoms with Crippen LogP contribution >= 0.6 is 11.3 Å². The number of anilines is 1. The molecule has 2 aliphatic heterocycles. The number of aromatic hydroxyl groups is 1. The highest BCUT2D eigenvalue weighted by atomic mass is 32.1.